The lowest BCUT2D eigenvalue weighted by atomic mass is 9.65. The largest absolute Gasteiger partial charge is 0.275 e. The van der Waals surface area contributed by atoms with Gasteiger partial charge >= 0.3 is 0 Å². The van der Waals surface area contributed by atoms with Crippen molar-refractivity contribution in [3.63, 3.8) is 0 Å². The minimum atomic E-state index is -1.04. The first-order valence-corrected chi connectivity index (χ1v) is 8.64. The first-order chi connectivity index (χ1) is 12.6. The van der Waals surface area contributed by atoms with E-state index in [1.54, 1.807) is 18.2 Å². The van der Waals surface area contributed by atoms with Crippen molar-refractivity contribution >= 4 is 16.6 Å². The number of benzene rings is 2. The highest BCUT2D eigenvalue weighted by Crippen LogP contribution is 2.44. The molecule has 27 heavy (non-hydrogen) atoms. The molecule has 0 atom stereocenters. The van der Waals surface area contributed by atoms with E-state index in [-0.39, 0.29) is 11.3 Å². The average molecular weight is 369 g/mol. The van der Waals surface area contributed by atoms with Crippen LogP contribution in [0.2, 0.25) is 0 Å². The fourth-order valence-electron chi connectivity index (χ4n) is 3.51. The first kappa shape index (κ1) is 17.6. The molecule has 0 unspecified atom stereocenters. The fraction of sp³-hybridized carbons (Fsp3) is 0.286. The summed E-state index contributed by atoms with van der Waals surface area (Å²) in [6.07, 6.45) is 0. The molecule has 2 heterocycles. The molecule has 3 aromatic rings. The fourth-order valence-corrected chi connectivity index (χ4v) is 3.51. The second-order valence-electron chi connectivity index (χ2n) is 7.84. The van der Waals surface area contributed by atoms with Gasteiger partial charge in [0.2, 0.25) is 0 Å². The number of hydrogen-bond donors (Lipinski definition) is 0. The highest BCUT2D eigenvalue weighted by atomic mass is 19.2. The van der Waals surface area contributed by atoms with Crippen LogP contribution in [0.3, 0.4) is 0 Å². The van der Waals surface area contributed by atoms with Crippen molar-refractivity contribution in [3.05, 3.63) is 70.7 Å². The maximum atomic E-state index is 14.8. The molecule has 0 spiro atoms. The topological polar surface area (TPSA) is 38.1 Å². The zero-order chi connectivity index (χ0) is 19.6. The van der Waals surface area contributed by atoms with Gasteiger partial charge in [0.1, 0.15) is 17.0 Å². The third kappa shape index (κ3) is 2.46. The van der Waals surface area contributed by atoms with E-state index < -0.39 is 22.6 Å². The van der Waals surface area contributed by atoms with Crippen molar-refractivity contribution in [1.29, 1.82) is 0 Å². The molecule has 0 radical (unpaired) electrons. The first-order valence-electron chi connectivity index (χ1n) is 8.64. The van der Waals surface area contributed by atoms with Crippen LogP contribution in [0.15, 0.2) is 41.4 Å². The number of fused-ring (bicyclic) bond motifs is 2. The van der Waals surface area contributed by atoms with E-state index >= 15 is 0 Å². The molecular weight excluding hydrogens is 351 g/mol. The molecule has 138 valence electrons. The number of halogens is 3. The van der Waals surface area contributed by atoms with E-state index in [9.17, 15) is 13.2 Å². The van der Waals surface area contributed by atoms with Crippen molar-refractivity contribution in [3.8, 4) is 0 Å². The van der Waals surface area contributed by atoms with Gasteiger partial charge in [0.25, 0.3) is 0 Å². The Balaban J connectivity index is 1.99. The van der Waals surface area contributed by atoms with Crippen LogP contribution in [0.4, 0.5) is 13.2 Å². The van der Waals surface area contributed by atoms with E-state index in [0.717, 1.165) is 6.07 Å². The molecule has 0 bridgehead atoms. The predicted molar refractivity (Wildman–Crippen MR) is 98.6 cm³/mol. The number of nitrogens with zero attached hydrogens (tertiary/aromatic N) is 3. The van der Waals surface area contributed by atoms with Gasteiger partial charge in [-0.15, -0.1) is 10.2 Å². The zero-order valence-electron chi connectivity index (χ0n) is 15.4. The number of aliphatic imine (C=N–C) groups is 1. The Labute approximate surface area is 155 Å². The highest BCUT2D eigenvalue weighted by molar-refractivity contribution is 6.14. The molecule has 0 aliphatic carbocycles. The summed E-state index contributed by atoms with van der Waals surface area (Å²) >= 11 is 0. The summed E-state index contributed by atoms with van der Waals surface area (Å²) < 4.78 is 42.1. The highest BCUT2D eigenvalue weighted by Gasteiger charge is 2.45. The minimum Gasteiger partial charge on any atom is -0.275 e. The maximum Gasteiger partial charge on any atom is 0.186 e. The molecule has 6 heteroatoms. The van der Waals surface area contributed by atoms with Gasteiger partial charge in [-0.2, -0.15) is 0 Å². The van der Waals surface area contributed by atoms with Gasteiger partial charge in [-0.1, -0.05) is 26.0 Å². The second-order valence-corrected chi connectivity index (χ2v) is 7.84. The minimum absolute atomic E-state index is 0.144. The molecule has 1 aliphatic heterocycles. The lowest BCUT2D eigenvalue weighted by molar-refractivity contribution is 0.293. The van der Waals surface area contributed by atoms with Gasteiger partial charge < -0.3 is 0 Å². The molecule has 3 nitrogen and oxygen atoms in total. The van der Waals surface area contributed by atoms with Crippen molar-refractivity contribution in [2.75, 3.05) is 0 Å². The van der Waals surface area contributed by atoms with Crippen LogP contribution >= 0.6 is 0 Å². The molecule has 1 aromatic heterocycles. The van der Waals surface area contributed by atoms with Crippen molar-refractivity contribution in [2.45, 2.75) is 38.6 Å². The second kappa shape index (κ2) is 5.62. The van der Waals surface area contributed by atoms with E-state index in [0.29, 0.717) is 27.9 Å². The summed E-state index contributed by atoms with van der Waals surface area (Å²) in [6, 6.07) is 8.95. The Morgan fingerprint density at radius 1 is 0.852 bits per heavy atom. The van der Waals surface area contributed by atoms with Crippen LogP contribution in [0.25, 0.3) is 10.9 Å². The SMILES string of the molecule is CC1(C)N=C(c2cc3ccc(F)c(F)c3nn2)c2cccc(F)c2C1(C)C. The van der Waals surface area contributed by atoms with Crippen LogP contribution in [-0.4, -0.2) is 21.4 Å². The normalized spacial score (nSPS) is 17.5. The van der Waals surface area contributed by atoms with Crippen LogP contribution < -0.4 is 0 Å². The number of aromatic nitrogens is 2. The quantitative estimate of drug-likeness (QED) is 0.608. The smallest absolute Gasteiger partial charge is 0.186 e. The molecule has 0 saturated carbocycles. The van der Waals surface area contributed by atoms with Crippen LogP contribution in [0.5, 0.6) is 0 Å². The van der Waals surface area contributed by atoms with Gasteiger partial charge in [-0.05, 0) is 38.1 Å². The predicted octanol–water partition coefficient (Wildman–Crippen LogP) is 4.95. The van der Waals surface area contributed by atoms with E-state index in [1.807, 2.05) is 27.7 Å². The molecule has 4 rings (SSSR count). The molecule has 0 amide bonds. The van der Waals surface area contributed by atoms with Crippen LogP contribution in [-0.2, 0) is 5.41 Å². The van der Waals surface area contributed by atoms with E-state index in [1.165, 1.54) is 12.1 Å². The van der Waals surface area contributed by atoms with Gasteiger partial charge in [0.05, 0.1) is 11.3 Å². The summed E-state index contributed by atoms with van der Waals surface area (Å²) in [5.74, 6) is -2.32. The lowest BCUT2D eigenvalue weighted by Gasteiger charge is -2.44. The molecule has 0 N–H and O–H groups in total. The summed E-state index contributed by atoms with van der Waals surface area (Å²) in [4.78, 5) is 4.85. The molecule has 1 aliphatic rings. The van der Waals surface area contributed by atoms with Crippen molar-refractivity contribution < 1.29 is 13.2 Å². The standard InChI is InChI=1S/C21H18F3N3/c1-20(2)16-12(6-5-7-13(16)22)19(25-21(20,3)4)15-10-11-8-9-14(23)17(24)18(11)27-26-15/h5-10H,1-4H3. The van der Waals surface area contributed by atoms with Crippen LogP contribution in [0, 0.1) is 17.5 Å². The molecule has 2 aromatic carbocycles. The molecular formula is C21H18F3N3. The third-order valence-corrected chi connectivity index (χ3v) is 5.71. The Kier molecular flexibility index (Phi) is 3.67. The van der Waals surface area contributed by atoms with Gasteiger partial charge in [0.15, 0.2) is 11.6 Å². The van der Waals surface area contributed by atoms with Gasteiger partial charge in [0, 0.05) is 21.9 Å². The van der Waals surface area contributed by atoms with Crippen LogP contribution in [0.1, 0.15) is 44.5 Å². The maximum absolute atomic E-state index is 14.8. The summed E-state index contributed by atoms with van der Waals surface area (Å²) in [5, 5.41) is 8.33. The Morgan fingerprint density at radius 2 is 1.59 bits per heavy atom. The lowest BCUT2D eigenvalue weighted by Crippen LogP contribution is -2.47. The molecule has 0 fully saturated rings. The Morgan fingerprint density at radius 3 is 2.33 bits per heavy atom. The summed E-state index contributed by atoms with van der Waals surface area (Å²) in [5.41, 5.74) is 0.785. The van der Waals surface area contributed by atoms with Gasteiger partial charge in [-0.3, -0.25) is 4.99 Å². The van der Waals surface area contributed by atoms with E-state index in [2.05, 4.69) is 10.2 Å². The number of rotatable bonds is 1. The third-order valence-electron chi connectivity index (χ3n) is 5.71. The summed E-state index contributed by atoms with van der Waals surface area (Å²) in [7, 11) is 0. The number of hydrogen-bond acceptors (Lipinski definition) is 3. The average Bonchev–Trinajstić information content (AvgIpc) is 2.61. The zero-order valence-corrected chi connectivity index (χ0v) is 15.4. The molecule has 0 saturated heterocycles. The Bertz CT molecular complexity index is 1120. The Hall–Kier alpha value is -2.76. The van der Waals surface area contributed by atoms with Crippen molar-refractivity contribution in [1.82, 2.24) is 10.2 Å². The van der Waals surface area contributed by atoms with Gasteiger partial charge in [-0.25, -0.2) is 13.2 Å². The summed E-state index contributed by atoms with van der Waals surface area (Å²) in [6.45, 7) is 7.79. The van der Waals surface area contributed by atoms with Crippen molar-refractivity contribution in [2.24, 2.45) is 4.99 Å². The monoisotopic (exact) mass is 369 g/mol. The van der Waals surface area contributed by atoms with E-state index in [4.69, 9.17) is 4.99 Å².